The molecule has 7 nitrogen and oxygen atoms in total. The van der Waals surface area contributed by atoms with Crippen LogP contribution in [-0.2, 0) is 10.3 Å². The first kappa shape index (κ1) is 19.7. The van der Waals surface area contributed by atoms with Gasteiger partial charge in [-0.05, 0) is 31.0 Å². The van der Waals surface area contributed by atoms with Crippen LogP contribution < -0.4 is 11.1 Å². The third-order valence-electron chi connectivity index (χ3n) is 5.31. The number of fused-ring (bicyclic) bond motifs is 1. The molecule has 1 aromatic heterocycles. The van der Waals surface area contributed by atoms with Gasteiger partial charge in [0, 0.05) is 29.4 Å². The number of nitrogens with two attached hydrogens (primary N) is 1. The molecule has 2 aromatic rings. The molecule has 154 valence electrons. The van der Waals surface area contributed by atoms with Crippen molar-refractivity contribution in [2.24, 2.45) is 16.6 Å². The molecule has 0 bridgehead atoms. The molecule has 1 fully saturated rings. The summed E-state index contributed by atoms with van der Waals surface area (Å²) in [5.74, 6) is -3.71. The Morgan fingerprint density at radius 2 is 2.20 bits per heavy atom. The molecule has 1 aromatic carbocycles. The minimum atomic E-state index is -1.72. The Kier molecular flexibility index (Phi) is 4.61. The first-order valence-electron chi connectivity index (χ1n) is 9.04. The zero-order valence-corrected chi connectivity index (χ0v) is 15.7. The molecule has 2 aliphatic rings. The van der Waals surface area contributed by atoms with E-state index in [0.29, 0.717) is 12.0 Å². The summed E-state index contributed by atoms with van der Waals surface area (Å²) in [6.45, 7) is 0.479. The van der Waals surface area contributed by atoms with Crippen molar-refractivity contribution in [3.8, 4) is 6.07 Å². The lowest BCUT2D eigenvalue weighted by Gasteiger charge is -2.31. The molecule has 0 radical (unpaired) electrons. The van der Waals surface area contributed by atoms with Crippen LogP contribution in [0.2, 0.25) is 0 Å². The highest BCUT2D eigenvalue weighted by Gasteiger charge is 2.60. The van der Waals surface area contributed by atoms with Gasteiger partial charge >= 0.3 is 0 Å². The number of carbonyl (C=O) groups is 1. The van der Waals surface area contributed by atoms with Gasteiger partial charge in [0.15, 0.2) is 11.6 Å². The number of rotatable bonds is 4. The second kappa shape index (κ2) is 7.02. The number of amidine groups is 1. The first-order valence-corrected chi connectivity index (χ1v) is 9.04. The molecule has 1 aliphatic carbocycles. The smallest absolute Gasteiger partial charge is 0.283 e. The fraction of sp³-hybridized carbons (Fsp3) is 0.300. The molecule has 2 heterocycles. The van der Waals surface area contributed by atoms with Crippen molar-refractivity contribution in [1.82, 2.24) is 4.98 Å². The minimum absolute atomic E-state index is 0.0103. The minimum Gasteiger partial charge on any atom is -0.462 e. The fourth-order valence-electron chi connectivity index (χ4n) is 3.77. The molecule has 1 amide bonds. The largest absolute Gasteiger partial charge is 0.462 e. The summed E-state index contributed by atoms with van der Waals surface area (Å²) in [7, 11) is 0. The van der Waals surface area contributed by atoms with E-state index >= 15 is 0 Å². The third-order valence-corrected chi connectivity index (χ3v) is 5.31. The predicted octanol–water partition coefficient (Wildman–Crippen LogP) is 2.69. The second-order valence-electron chi connectivity index (χ2n) is 7.28. The van der Waals surface area contributed by atoms with Gasteiger partial charge in [0.1, 0.15) is 30.1 Å². The van der Waals surface area contributed by atoms with Crippen LogP contribution in [0.1, 0.15) is 33.6 Å². The third kappa shape index (κ3) is 3.12. The highest BCUT2D eigenvalue weighted by Crippen LogP contribution is 2.54. The standard InChI is InChI=1S/C20H16F3N5O2/c1-9-2-10(6-24)7-26-17(9)18(29)27-11-3-13(16(23)14(22)4-11)20(8-21)12-5-15(12)30-19(25)28-20/h2-4,7,12,15H,5,8H2,1H3,(H2,25,28)(H,27,29)/t12-,15+,20-/m1/s1. The van der Waals surface area contributed by atoms with Crippen LogP contribution in [0.15, 0.2) is 29.4 Å². The maximum absolute atomic E-state index is 14.7. The van der Waals surface area contributed by atoms with Gasteiger partial charge in [-0.3, -0.25) is 4.79 Å². The number of ether oxygens (including phenoxy) is 1. The summed E-state index contributed by atoms with van der Waals surface area (Å²) in [6.07, 6.45) is 1.22. The number of amides is 1. The average molecular weight is 415 g/mol. The summed E-state index contributed by atoms with van der Waals surface area (Å²) in [5.41, 5.74) is 4.16. The van der Waals surface area contributed by atoms with E-state index in [4.69, 9.17) is 15.7 Å². The van der Waals surface area contributed by atoms with E-state index in [1.165, 1.54) is 12.3 Å². The Bertz CT molecular complexity index is 1130. The zero-order chi connectivity index (χ0) is 21.6. The van der Waals surface area contributed by atoms with Crippen molar-refractivity contribution in [1.29, 1.82) is 5.26 Å². The Morgan fingerprint density at radius 3 is 2.87 bits per heavy atom. The molecular weight excluding hydrogens is 399 g/mol. The van der Waals surface area contributed by atoms with Crippen LogP contribution >= 0.6 is 0 Å². The van der Waals surface area contributed by atoms with E-state index < -0.39 is 41.8 Å². The number of nitrogens with one attached hydrogen (secondary N) is 1. The topological polar surface area (TPSA) is 113 Å². The molecule has 4 rings (SSSR count). The summed E-state index contributed by atoms with van der Waals surface area (Å²) in [4.78, 5) is 20.5. The van der Waals surface area contributed by atoms with E-state index in [1.54, 1.807) is 6.92 Å². The van der Waals surface area contributed by atoms with Crippen LogP contribution in [-0.4, -0.2) is 29.7 Å². The highest BCUT2D eigenvalue weighted by atomic mass is 19.2. The van der Waals surface area contributed by atoms with Crippen molar-refractivity contribution in [3.05, 3.63) is 58.4 Å². The molecule has 10 heteroatoms. The number of benzene rings is 1. The number of hydrogen-bond acceptors (Lipinski definition) is 6. The van der Waals surface area contributed by atoms with Crippen molar-refractivity contribution < 1.29 is 22.7 Å². The number of alkyl halides is 1. The zero-order valence-electron chi connectivity index (χ0n) is 15.7. The highest BCUT2D eigenvalue weighted by molar-refractivity contribution is 6.03. The van der Waals surface area contributed by atoms with Crippen molar-refractivity contribution in [2.75, 3.05) is 12.0 Å². The van der Waals surface area contributed by atoms with Crippen molar-refractivity contribution in [3.63, 3.8) is 0 Å². The lowest BCUT2D eigenvalue weighted by atomic mass is 9.85. The number of halogens is 3. The van der Waals surface area contributed by atoms with Gasteiger partial charge in [0.2, 0.25) is 0 Å². The quantitative estimate of drug-likeness (QED) is 0.797. The van der Waals surface area contributed by atoms with Gasteiger partial charge < -0.3 is 15.8 Å². The lowest BCUT2D eigenvalue weighted by molar-refractivity contribution is 0.102. The molecular formula is C20H16F3N5O2. The Hall–Kier alpha value is -3.61. The van der Waals surface area contributed by atoms with Crippen molar-refractivity contribution in [2.45, 2.75) is 25.0 Å². The van der Waals surface area contributed by atoms with Gasteiger partial charge in [-0.1, -0.05) is 0 Å². The van der Waals surface area contributed by atoms with E-state index in [-0.39, 0.29) is 28.5 Å². The summed E-state index contributed by atoms with van der Waals surface area (Å²) in [5, 5.41) is 11.3. The van der Waals surface area contributed by atoms with Crippen molar-refractivity contribution >= 4 is 17.6 Å². The molecule has 1 aliphatic heterocycles. The molecule has 0 spiro atoms. The normalized spacial score (nSPS) is 24.2. The van der Waals surface area contributed by atoms with Crippen LogP contribution in [0.25, 0.3) is 0 Å². The summed E-state index contributed by atoms with van der Waals surface area (Å²) >= 11 is 0. The molecule has 0 saturated heterocycles. The second-order valence-corrected chi connectivity index (χ2v) is 7.28. The number of anilines is 1. The Balaban J connectivity index is 1.72. The molecule has 3 atom stereocenters. The van der Waals surface area contributed by atoms with Crippen LogP contribution in [0.3, 0.4) is 0 Å². The van der Waals surface area contributed by atoms with Gasteiger partial charge in [-0.2, -0.15) is 5.26 Å². The summed E-state index contributed by atoms with van der Waals surface area (Å²) in [6, 6.07) is 5.03. The van der Waals surface area contributed by atoms with Crippen LogP contribution in [0, 0.1) is 35.8 Å². The number of hydrogen-bond donors (Lipinski definition) is 2. The van der Waals surface area contributed by atoms with E-state index in [1.807, 2.05) is 6.07 Å². The fourth-order valence-corrected chi connectivity index (χ4v) is 3.77. The number of nitrogens with zero attached hydrogens (tertiary/aromatic N) is 3. The number of aryl methyl sites for hydroxylation is 1. The number of carbonyl (C=O) groups excluding carboxylic acids is 1. The Morgan fingerprint density at radius 1 is 1.43 bits per heavy atom. The van der Waals surface area contributed by atoms with E-state index in [2.05, 4.69) is 15.3 Å². The predicted molar refractivity (Wildman–Crippen MR) is 100 cm³/mol. The van der Waals surface area contributed by atoms with Gasteiger partial charge in [-0.25, -0.2) is 23.1 Å². The monoisotopic (exact) mass is 415 g/mol. The first-order chi connectivity index (χ1) is 14.3. The van der Waals surface area contributed by atoms with Crippen LogP contribution in [0.5, 0.6) is 0 Å². The number of aromatic nitrogens is 1. The molecule has 3 N–H and O–H groups in total. The molecule has 1 saturated carbocycles. The maximum Gasteiger partial charge on any atom is 0.283 e. The SMILES string of the molecule is Cc1cc(C#N)cnc1C(=O)Nc1cc(F)c(F)c([C@]2(CF)N=C(N)O[C@H]3C[C@H]32)c1. The number of pyridine rings is 1. The van der Waals surface area contributed by atoms with Crippen LogP contribution in [0.4, 0.5) is 18.9 Å². The molecule has 30 heavy (non-hydrogen) atoms. The Labute approximate surface area is 169 Å². The van der Waals surface area contributed by atoms with E-state index in [9.17, 15) is 18.0 Å². The summed E-state index contributed by atoms with van der Waals surface area (Å²) < 4.78 is 48.4. The molecule has 0 unspecified atom stereocenters. The maximum atomic E-state index is 14.7. The van der Waals surface area contributed by atoms with E-state index in [0.717, 1.165) is 12.1 Å². The van der Waals surface area contributed by atoms with Gasteiger partial charge in [0.25, 0.3) is 11.9 Å². The average Bonchev–Trinajstić information content (AvgIpc) is 3.49. The number of nitriles is 1. The lowest BCUT2D eigenvalue weighted by Crippen LogP contribution is -2.40. The van der Waals surface area contributed by atoms with Gasteiger partial charge in [-0.15, -0.1) is 0 Å². The number of aliphatic imine (C=N–C) groups is 1. The van der Waals surface area contributed by atoms with Gasteiger partial charge in [0.05, 0.1) is 5.56 Å².